The minimum atomic E-state index is -1.01. The zero-order valence-electron chi connectivity index (χ0n) is 17.0. The lowest BCUT2D eigenvalue weighted by Crippen LogP contribution is -2.54. The molecule has 0 aromatic rings. The molecule has 0 spiro atoms. The van der Waals surface area contributed by atoms with E-state index < -0.39 is 42.1 Å². The van der Waals surface area contributed by atoms with Gasteiger partial charge in [-0.15, -0.1) is 0 Å². The highest BCUT2D eigenvalue weighted by molar-refractivity contribution is 14.2. The smallest absolute Gasteiger partial charge is 0.248 e. The number of carbonyl (C=O) groups is 5. The van der Waals surface area contributed by atoms with Gasteiger partial charge in [0.15, 0.2) is 0 Å². The zero-order chi connectivity index (χ0) is 22.8. The molecule has 5 amide bonds. The van der Waals surface area contributed by atoms with E-state index in [4.69, 9.17) is 4.74 Å². The number of imide groups is 1. The predicted molar refractivity (Wildman–Crippen MR) is 122 cm³/mol. The summed E-state index contributed by atoms with van der Waals surface area (Å²) >= 11 is 2.04. The second kappa shape index (κ2) is 13.3. The van der Waals surface area contributed by atoms with Gasteiger partial charge in [-0.1, -0.05) is 0 Å². The number of hydrogen-bond acceptors (Lipinski definition) is 9. The van der Waals surface area contributed by atoms with Crippen LogP contribution in [0.2, 0.25) is 0 Å². The van der Waals surface area contributed by atoms with Gasteiger partial charge in [-0.2, -0.15) is 0 Å². The van der Waals surface area contributed by atoms with Crippen molar-refractivity contribution >= 4 is 69.7 Å². The second-order valence-corrected chi connectivity index (χ2v) is 11.2. The van der Waals surface area contributed by atoms with E-state index in [1.165, 1.54) is 33.0 Å². The van der Waals surface area contributed by atoms with Crippen LogP contribution in [-0.4, -0.2) is 72.4 Å². The highest BCUT2D eigenvalue weighted by Gasteiger charge is 2.43. The van der Waals surface area contributed by atoms with Crippen molar-refractivity contribution in [1.82, 2.24) is 25.6 Å². The Labute approximate surface area is 195 Å². The largest absolute Gasteiger partial charge is 0.372 e. The molecule has 0 aromatic carbocycles. The minimum Gasteiger partial charge on any atom is -0.372 e. The summed E-state index contributed by atoms with van der Waals surface area (Å²) in [5, 5.41) is 7.69. The van der Waals surface area contributed by atoms with E-state index in [0.29, 0.717) is 0 Å². The fourth-order valence-electron chi connectivity index (χ4n) is 2.58. The molecular formula is C16H26IN5O6S2. The lowest BCUT2D eigenvalue weighted by atomic mass is 10.2. The normalized spacial score (nSPS) is 19.2. The monoisotopic (exact) mass is 575 g/mol. The standard InChI is InChI=1S/C16H26IN5O6S2/c1-8(22-13(24)7-11(16(22)27)21-30-29-17)14(25)20-10(3)19-12(23)5-6-18-15(26)9(2)28-4/h8-11,21H,5-7H2,1-4H3,(H,18,26)(H,19,23)(H,20,25). The summed E-state index contributed by atoms with van der Waals surface area (Å²) in [4.78, 5) is 61.5. The fraction of sp³-hybridized carbons (Fsp3) is 0.688. The van der Waals surface area contributed by atoms with Crippen LogP contribution in [0.4, 0.5) is 0 Å². The highest BCUT2D eigenvalue weighted by atomic mass is 127. The Kier molecular flexibility index (Phi) is 12.0. The van der Waals surface area contributed by atoms with Gasteiger partial charge >= 0.3 is 0 Å². The number of likely N-dealkylation sites (tertiary alicyclic amines) is 1. The number of carbonyl (C=O) groups excluding carboxylic acids is 5. The molecule has 4 N–H and O–H groups in total. The third kappa shape index (κ3) is 8.20. The molecule has 11 nitrogen and oxygen atoms in total. The van der Waals surface area contributed by atoms with Gasteiger partial charge in [0.05, 0.1) is 12.6 Å². The van der Waals surface area contributed by atoms with E-state index in [0.717, 1.165) is 4.90 Å². The van der Waals surface area contributed by atoms with E-state index in [9.17, 15) is 24.0 Å². The Morgan fingerprint density at radius 3 is 2.47 bits per heavy atom. The summed E-state index contributed by atoms with van der Waals surface area (Å²) in [6.45, 7) is 4.72. The number of hydrogen-bond donors (Lipinski definition) is 4. The first-order valence-corrected chi connectivity index (χ1v) is 13.8. The van der Waals surface area contributed by atoms with Crippen molar-refractivity contribution in [2.75, 3.05) is 13.7 Å². The van der Waals surface area contributed by atoms with Gasteiger partial charge in [-0.25, -0.2) is 4.72 Å². The summed E-state index contributed by atoms with van der Waals surface area (Å²) in [6.07, 6.45) is -1.34. The summed E-state index contributed by atoms with van der Waals surface area (Å²) in [7, 11) is 4.02. The van der Waals surface area contributed by atoms with Crippen LogP contribution >= 0.6 is 40.2 Å². The molecule has 14 heteroatoms. The molecule has 1 aliphatic heterocycles. The quantitative estimate of drug-likeness (QED) is 0.0821. The molecule has 170 valence electrons. The maximum atomic E-state index is 12.4. The number of amides is 5. The van der Waals surface area contributed by atoms with Gasteiger partial charge in [-0.3, -0.25) is 28.9 Å². The third-order valence-electron chi connectivity index (χ3n) is 4.28. The van der Waals surface area contributed by atoms with Crippen molar-refractivity contribution in [3.63, 3.8) is 0 Å². The molecule has 1 aliphatic rings. The summed E-state index contributed by atoms with van der Waals surface area (Å²) < 4.78 is 7.74. The molecule has 1 fully saturated rings. The zero-order valence-corrected chi connectivity index (χ0v) is 20.8. The molecule has 4 unspecified atom stereocenters. The lowest BCUT2D eigenvalue weighted by Gasteiger charge is -2.24. The Hall–Kier alpha value is -1.10. The molecule has 1 heterocycles. The van der Waals surface area contributed by atoms with Crippen molar-refractivity contribution in [3.05, 3.63) is 0 Å². The highest BCUT2D eigenvalue weighted by Crippen LogP contribution is 2.28. The number of ether oxygens (including phenoxy) is 1. The van der Waals surface area contributed by atoms with Crippen molar-refractivity contribution < 1.29 is 28.7 Å². The molecule has 0 aliphatic carbocycles. The maximum Gasteiger partial charge on any atom is 0.248 e. The van der Waals surface area contributed by atoms with Crippen LogP contribution in [0.3, 0.4) is 0 Å². The Morgan fingerprint density at radius 1 is 1.20 bits per heavy atom. The SMILES string of the molecule is COC(C)C(=O)NCCC(=O)NC(C)NC(=O)C(C)N1C(=O)CC(NSSI)C1=O. The van der Waals surface area contributed by atoms with Gasteiger partial charge in [0.2, 0.25) is 29.5 Å². The van der Waals surface area contributed by atoms with Crippen LogP contribution in [0.15, 0.2) is 0 Å². The molecule has 0 saturated carbocycles. The van der Waals surface area contributed by atoms with Crippen LogP contribution in [0.25, 0.3) is 0 Å². The Balaban J connectivity index is 2.45. The molecule has 1 saturated heterocycles. The first kappa shape index (κ1) is 26.9. The van der Waals surface area contributed by atoms with Crippen LogP contribution in [0.1, 0.15) is 33.6 Å². The predicted octanol–water partition coefficient (Wildman–Crippen LogP) is -0.142. The molecule has 0 aromatic heterocycles. The van der Waals surface area contributed by atoms with Gasteiger partial charge < -0.3 is 20.7 Å². The molecule has 0 radical (unpaired) electrons. The van der Waals surface area contributed by atoms with E-state index in [-0.39, 0.29) is 31.2 Å². The van der Waals surface area contributed by atoms with Crippen LogP contribution < -0.4 is 20.7 Å². The summed E-state index contributed by atoms with van der Waals surface area (Å²) in [5.41, 5.74) is 0. The second-order valence-electron chi connectivity index (χ2n) is 6.52. The molecule has 0 bridgehead atoms. The number of nitrogens with one attached hydrogen (secondary N) is 4. The van der Waals surface area contributed by atoms with E-state index in [2.05, 4.69) is 20.7 Å². The minimum absolute atomic E-state index is 0.0135. The third-order valence-corrected chi connectivity index (χ3v) is 6.82. The first-order valence-electron chi connectivity index (χ1n) is 9.08. The molecular weight excluding hydrogens is 549 g/mol. The maximum absolute atomic E-state index is 12.4. The first-order chi connectivity index (χ1) is 14.1. The molecule has 30 heavy (non-hydrogen) atoms. The number of halogens is 1. The van der Waals surface area contributed by atoms with Gasteiger partial charge in [0.25, 0.3) is 0 Å². The van der Waals surface area contributed by atoms with E-state index in [1.54, 1.807) is 13.8 Å². The lowest BCUT2D eigenvalue weighted by molar-refractivity contribution is -0.146. The number of methoxy groups -OCH3 is 1. The number of nitrogens with zero attached hydrogens (tertiary/aromatic N) is 1. The van der Waals surface area contributed by atoms with Crippen LogP contribution in [-0.2, 0) is 28.7 Å². The average Bonchev–Trinajstić information content (AvgIpc) is 2.97. The molecule has 1 rings (SSSR count). The van der Waals surface area contributed by atoms with E-state index in [1.807, 2.05) is 21.2 Å². The average molecular weight is 575 g/mol. The van der Waals surface area contributed by atoms with Crippen molar-refractivity contribution in [2.24, 2.45) is 0 Å². The molecule has 4 atom stereocenters. The topological polar surface area (TPSA) is 146 Å². The van der Waals surface area contributed by atoms with Gasteiger partial charge in [0, 0.05) is 52.3 Å². The Bertz CT molecular complexity index is 670. The van der Waals surface area contributed by atoms with Crippen molar-refractivity contribution in [3.8, 4) is 0 Å². The Morgan fingerprint density at radius 2 is 1.87 bits per heavy atom. The number of rotatable bonds is 12. The summed E-state index contributed by atoms with van der Waals surface area (Å²) in [6, 6.07) is -1.68. The van der Waals surface area contributed by atoms with Gasteiger partial charge in [0.1, 0.15) is 18.2 Å². The van der Waals surface area contributed by atoms with Crippen LogP contribution in [0, 0.1) is 0 Å². The summed E-state index contributed by atoms with van der Waals surface area (Å²) in [5.74, 6) is -2.17. The fourth-order valence-corrected chi connectivity index (χ4v) is 4.31. The van der Waals surface area contributed by atoms with E-state index >= 15 is 0 Å². The van der Waals surface area contributed by atoms with Crippen molar-refractivity contribution in [2.45, 2.75) is 58.0 Å². The van der Waals surface area contributed by atoms with Gasteiger partial charge in [-0.05, 0) is 28.7 Å². The van der Waals surface area contributed by atoms with Crippen molar-refractivity contribution in [1.29, 1.82) is 0 Å². The van der Waals surface area contributed by atoms with Crippen LogP contribution in [0.5, 0.6) is 0 Å².